The van der Waals surface area contributed by atoms with Gasteiger partial charge in [-0.05, 0) is 96.2 Å². The Morgan fingerprint density at radius 3 is 2.32 bits per heavy atom. The third-order valence-corrected chi connectivity index (χ3v) is 13.0. The van der Waals surface area contributed by atoms with Gasteiger partial charge in [0.15, 0.2) is 0 Å². The number of amides is 4. The number of fused-ring (bicyclic) bond motifs is 7. The third kappa shape index (κ3) is 6.77. The fourth-order valence-corrected chi connectivity index (χ4v) is 9.68. The Balaban J connectivity index is 0.970. The van der Waals surface area contributed by atoms with E-state index in [2.05, 4.69) is 57.0 Å². The van der Waals surface area contributed by atoms with Crippen LogP contribution in [0.2, 0.25) is 0 Å². The largest absolute Gasteiger partial charge is 0.488 e. The van der Waals surface area contributed by atoms with Crippen molar-refractivity contribution >= 4 is 45.8 Å². The molecule has 15 nitrogen and oxygen atoms in total. The zero-order valence-electron chi connectivity index (χ0n) is 35.0. The molecule has 2 aromatic heterocycles. The standard InChI is InChI=1S/C45H52N8O7/c1-21(2)36(50-44(56)58-6)42(54)52-19-26-16-30(26)39(52)41-46-18-33(48-41)25-9-11-28-27(14-25)20-60-35-17-29-24(15-31(28)35)10-12-32-38(29)49-40(47-32)34-13-8-23(5)53(34)43(55)37(22(3)4)51-45(57)59-7/h9-12,14-15,17-18,21-23,26,30,34,36-37,39H,8,13,16,19-20H2,1-7H3,(H,46,48)(H,47,49)(H,50,56)(H,51,57)/t23-,26+,30+,34-,36-,37-,39-/m0/s1. The first-order chi connectivity index (χ1) is 28.8. The Bertz CT molecular complexity index is 2530. The molecule has 0 unspecified atom stereocenters. The molecule has 15 heteroatoms. The topological polar surface area (TPSA) is 184 Å². The number of piperidine rings is 1. The van der Waals surface area contributed by atoms with Crippen LogP contribution in [-0.2, 0) is 25.7 Å². The Labute approximate surface area is 347 Å². The fourth-order valence-electron chi connectivity index (χ4n) is 9.68. The number of carbonyl (C=O) groups excluding carboxylic acids is 4. The summed E-state index contributed by atoms with van der Waals surface area (Å²) >= 11 is 0. The molecule has 3 fully saturated rings. The van der Waals surface area contributed by atoms with Crippen LogP contribution in [-0.4, -0.2) is 92.6 Å². The smallest absolute Gasteiger partial charge is 0.407 e. The molecule has 9 rings (SSSR count). The van der Waals surface area contributed by atoms with Crippen molar-refractivity contribution in [3.63, 3.8) is 0 Å². The summed E-state index contributed by atoms with van der Waals surface area (Å²) in [6.45, 7) is 10.7. The van der Waals surface area contributed by atoms with E-state index >= 15 is 0 Å². The average molecular weight is 817 g/mol. The first-order valence-electron chi connectivity index (χ1n) is 20.9. The molecular formula is C45H52N8O7. The van der Waals surface area contributed by atoms with E-state index in [0.29, 0.717) is 30.8 Å². The fraction of sp³-hybridized carbons (Fsp3) is 0.467. The minimum absolute atomic E-state index is 0.0239. The maximum Gasteiger partial charge on any atom is 0.407 e. The molecule has 5 aromatic rings. The van der Waals surface area contributed by atoms with Gasteiger partial charge in [0.25, 0.3) is 0 Å². The lowest BCUT2D eigenvalue weighted by Gasteiger charge is -2.32. The van der Waals surface area contributed by atoms with Crippen LogP contribution in [0.15, 0.2) is 48.7 Å². The van der Waals surface area contributed by atoms with Crippen molar-refractivity contribution in [1.29, 1.82) is 0 Å². The first kappa shape index (κ1) is 39.3. The molecule has 4 amide bonds. The molecule has 0 bridgehead atoms. The normalized spacial score (nSPS) is 22.6. The summed E-state index contributed by atoms with van der Waals surface area (Å²) in [5.74, 6) is 2.50. The Morgan fingerprint density at radius 2 is 1.60 bits per heavy atom. The lowest BCUT2D eigenvalue weighted by molar-refractivity contribution is -0.137. The van der Waals surface area contributed by atoms with E-state index in [1.165, 1.54) is 14.2 Å². The molecule has 4 N–H and O–H groups in total. The molecule has 0 radical (unpaired) electrons. The number of imidazole rings is 2. The lowest BCUT2D eigenvalue weighted by atomic mass is 9.92. The van der Waals surface area contributed by atoms with Crippen LogP contribution < -0.4 is 15.4 Å². The average Bonchev–Trinajstić information content (AvgIpc) is 3.67. The van der Waals surface area contributed by atoms with Gasteiger partial charge >= 0.3 is 12.2 Å². The van der Waals surface area contributed by atoms with Crippen molar-refractivity contribution in [1.82, 2.24) is 40.4 Å². The van der Waals surface area contributed by atoms with Crippen LogP contribution in [0.25, 0.3) is 44.2 Å². The number of rotatable bonds is 9. The van der Waals surface area contributed by atoms with E-state index in [4.69, 9.17) is 24.2 Å². The van der Waals surface area contributed by atoms with Gasteiger partial charge in [0.2, 0.25) is 11.8 Å². The highest BCUT2D eigenvalue weighted by Crippen LogP contribution is 2.56. The maximum atomic E-state index is 14.0. The molecule has 4 aliphatic rings. The molecule has 0 spiro atoms. The van der Waals surface area contributed by atoms with Gasteiger partial charge in [0.05, 0.1) is 49.2 Å². The molecule has 3 aliphatic heterocycles. The van der Waals surface area contributed by atoms with Crippen molar-refractivity contribution in [2.45, 2.75) is 90.7 Å². The molecule has 3 aromatic carbocycles. The Morgan fingerprint density at radius 1 is 0.867 bits per heavy atom. The van der Waals surface area contributed by atoms with E-state index in [0.717, 1.165) is 80.6 Å². The number of hydrogen-bond donors (Lipinski definition) is 4. The summed E-state index contributed by atoms with van der Waals surface area (Å²) < 4.78 is 16.1. The predicted molar refractivity (Wildman–Crippen MR) is 224 cm³/mol. The number of nitrogens with zero attached hydrogens (tertiary/aromatic N) is 4. The third-order valence-electron chi connectivity index (χ3n) is 13.0. The van der Waals surface area contributed by atoms with Crippen molar-refractivity contribution in [3.05, 3.63) is 65.9 Å². The number of hydrogen-bond acceptors (Lipinski definition) is 9. The van der Waals surface area contributed by atoms with Crippen molar-refractivity contribution in [2.24, 2.45) is 23.7 Å². The van der Waals surface area contributed by atoms with Crippen LogP contribution in [0, 0.1) is 23.7 Å². The van der Waals surface area contributed by atoms with E-state index in [1.54, 1.807) is 0 Å². The molecule has 314 valence electrons. The van der Waals surface area contributed by atoms with Crippen LogP contribution in [0.4, 0.5) is 9.59 Å². The number of benzene rings is 3. The minimum atomic E-state index is -0.724. The molecular weight excluding hydrogens is 765 g/mol. The van der Waals surface area contributed by atoms with Crippen molar-refractivity contribution in [3.8, 4) is 28.1 Å². The van der Waals surface area contributed by atoms with Crippen molar-refractivity contribution < 1.29 is 33.4 Å². The summed E-state index contributed by atoms with van der Waals surface area (Å²) in [6, 6.07) is 12.8. The van der Waals surface area contributed by atoms with Gasteiger partial charge in [-0.1, -0.05) is 45.9 Å². The van der Waals surface area contributed by atoms with Crippen LogP contribution in [0.1, 0.15) is 83.2 Å². The quantitative estimate of drug-likeness (QED) is 0.122. The highest BCUT2D eigenvalue weighted by molar-refractivity contribution is 6.07. The predicted octanol–water partition coefficient (Wildman–Crippen LogP) is 7.00. The highest BCUT2D eigenvalue weighted by Gasteiger charge is 2.56. The second kappa shape index (κ2) is 15.2. The van der Waals surface area contributed by atoms with Crippen molar-refractivity contribution in [2.75, 3.05) is 20.8 Å². The number of methoxy groups -OCH3 is 2. The molecule has 7 atom stereocenters. The van der Waals surface area contributed by atoms with Gasteiger partial charge in [-0.15, -0.1) is 0 Å². The molecule has 5 heterocycles. The van der Waals surface area contributed by atoms with E-state index < -0.39 is 24.3 Å². The molecule has 1 aliphatic carbocycles. The number of carbonyl (C=O) groups is 4. The Kier molecular flexibility index (Phi) is 9.94. The zero-order valence-corrected chi connectivity index (χ0v) is 35.0. The number of ether oxygens (including phenoxy) is 3. The van der Waals surface area contributed by atoms with Gasteiger partial charge in [-0.3, -0.25) is 9.59 Å². The number of H-pyrrole nitrogens is 2. The monoisotopic (exact) mass is 816 g/mol. The van der Waals surface area contributed by atoms with Gasteiger partial charge in [0.1, 0.15) is 36.1 Å². The lowest BCUT2D eigenvalue weighted by Crippen LogP contribution is -2.52. The molecule has 2 saturated heterocycles. The van der Waals surface area contributed by atoms with E-state index in [1.807, 2.05) is 56.7 Å². The summed E-state index contributed by atoms with van der Waals surface area (Å²) in [6.07, 6.45) is 3.20. The van der Waals surface area contributed by atoms with E-state index in [9.17, 15) is 19.2 Å². The van der Waals surface area contributed by atoms with Crippen LogP contribution in [0.5, 0.6) is 5.75 Å². The second-order valence-electron chi connectivity index (χ2n) is 17.5. The Hall–Kier alpha value is -6.12. The highest BCUT2D eigenvalue weighted by atomic mass is 16.5. The first-order valence-corrected chi connectivity index (χ1v) is 20.9. The summed E-state index contributed by atoms with van der Waals surface area (Å²) in [5, 5.41) is 7.48. The second-order valence-corrected chi connectivity index (χ2v) is 17.5. The van der Waals surface area contributed by atoms with E-state index in [-0.39, 0.29) is 41.8 Å². The minimum Gasteiger partial charge on any atom is -0.488 e. The van der Waals surface area contributed by atoms with Gasteiger partial charge in [0, 0.05) is 23.5 Å². The molecule has 1 saturated carbocycles. The molecule has 60 heavy (non-hydrogen) atoms. The summed E-state index contributed by atoms with van der Waals surface area (Å²) in [5.41, 5.74) is 6.65. The SMILES string of the molecule is COC(=O)N[C@H](C(=O)N1C[C@H]2C[C@H]2[C@H]1c1ncc(-c2ccc3c(c2)COc2cc4c(ccc5nc([C@@H]6CC[C@H](C)N6C(=O)[C@@H](NC(=O)OC)C(C)C)[nH]c54)cc2-3)[nH]1)C(C)C. The number of alkyl carbamates (subject to hydrolysis) is 2. The van der Waals surface area contributed by atoms with Crippen LogP contribution in [0.3, 0.4) is 0 Å². The number of likely N-dealkylation sites (tertiary alicyclic amines) is 2. The number of nitrogens with one attached hydrogen (secondary N) is 4. The zero-order chi connectivity index (χ0) is 42.1. The maximum absolute atomic E-state index is 14.0. The number of aromatic amines is 2. The van der Waals surface area contributed by atoms with Gasteiger partial charge in [-0.2, -0.15) is 0 Å². The van der Waals surface area contributed by atoms with Gasteiger partial charge < -0.3 is 44.6 Å². The van der Waals surface area contributed by atoms with Gasteiger partial charge in [-0.25, -0.2) is 19.6 Å². The van der Waals surface area contributed by atoms with Crippen LogP contribution >= 0.6 is 0 Å². The number of aromatic nitrogens is 4. The summed E-state index contributed by atoms with van der Waals surface area (Å²) in [4.78, 5) is 72.7. The summed E-state index contributed by atoms with van der Waals surface area (Å²) in [7, 11) is 2.59.